The van der Waals surface area contributed by atoms with Crippen molar-refractivity contribution in [1.29, 1.82) is 0 Å². The molecule has 0 spiro atoms. The van der Waals surface area contributed by atoms with E-state index >= 15 is 0 Å². The van der Waals surface area contributed by atoms with Crippen molar-refractivity contribution >= 4 is 39.1 Å². The molecule has 0 saturated heterocycles. The van der Waals surface area contributed by atoms with Gasteiger partial charge >= 0.3 is 5.69 Å². The molecule has 110 valence electrons. The first-order valence-corrected chi connectivity index (χ1v) is 6.43. The number of nitrogens with two attached hydrogens (primary N) is 1. The average molecular weight is 357 g/mol. The Morgan fingerprint density at radius 1 is 1.43 bits per heavy atom. The van der Waals surface area contributed by atoms with Crippen LogP contribution in [0.25, 0.3) is 0 Å². The second-order valence-electron chi connectivity index (χ2n) is 3.98. The predicted molar refractivity (Wildman–Crippen MR) is 78.6 cm³/mol. The van der Waals surface area contributed by atoms with E-state index in [9.17, 15) is 14.5 Å². The molecule has 2 rings (SSSR count). The number of rotatable bonds is 4. The first-order valence-electron chi connectivity index (χ1n) is 5.64. The lowest BCUT2D eigenvalue weighted by atomic mass is 10.3. The molecule has 0 unspecified atom stereocenters. The number of aryl methyl sites for hydroxylation is 1. The van der Waals surface area contributed by atoms with Crippen molar-refractivity contribution in [3.63, 3.8) is 0 Å². The molecule has 1 aromatic heterocycles. The van der Waals surface area contributed by atoms with E-state index in [-0.39, 0.29) is 23.1 Å². The van der Waals surface area contributed by atoms with E-state index in [2.05, 4.69) is 36.6 Å². The molecule has 0 atom stereocenters. The van der Waals surface area contributed by atoms with Gasteiger partial charge in [0.1, 0.15) is 11.5 Å². The second-order valence-corrected chi connectivity index (χ2v) is 4.83. The maximum Gasteiger partial charge on any atom is 0.332 e. The predicted octanol–water partition coefficient (Wildman–Crippen LogP) is 2.62. The van der Waals surface area contributed by atoms with Gasteiger partial charge in [0.15, 0.2) is 0 Å². The number of nitro groups is 1. The van der Waals surface area contributed by atoms with Crippen LogP contribution in [0.15, 0.2) is 22.7 Å². The van der Waals surface area contributed by atoms with Gasteiger partial charge in [0, 0.05) is 4.47 Å². The number of hydrogen-bond acceptors (Lipinski definition) is 7. The van der Waals surface area contributed by atoms with Gasteiger partial charge in [-0.3, -0.25) is 15.5 Å². The summed E-state index contributed by atoms with van der Waals surface area (Å²) >= 11 is 3.22. The minimum absolute atomic E-state index is 0.00752. The molecule has 10 heteroatoms. The summed E-state index contributed by atoms with van der Waals surface area (Å²) in [7, 11) is 0. The molecule has 0 saturated carbocycles. The topological polar surface area (TPSA) is 119 Å². The zero-order valence-electron chi connectivity index (χ0n) is 10.7. The highest BCUT2D eigenvalue weighted by atomic mass is 79.9. The van der Waals surface area contributed by atoms with E-state index in [1.165, 1.54) is 25.1 Å². The fourth-order valence-electron chi connectivity index (χ4n) is 1.66. The van der Waals surface area contributed by atoms with E-state index in [0.717, 1.165) is 0 Å². The van der Waals surface area contributed by atoms with Crippen LogP contribution in [-0.2, 0) is 0 Å². The van der Waals surface area contributed by atoms with Crippen LogP contribution in [0.5, 0.6) is 0 Å². The van der Waals surface area contributed by atoms with Crippen LogP contribution in [0, 0.1) is 22.9 Å². The van der Waals surface area contributed by atoms with Gasteiger partial charge in [0.05, 0.1) is 10.6 Å². The van der Waals surface area contributed by atoms with Crippen LogP contribution in [0.2, 0.25) is 0 Å². The lowest BCUT2D eigenvalue weighted by Crippen LogP contribution is -2.13. The molecule has 1 heterocycles. The molecule has 2 aromatic rings. The first-order chi connectivity index (χ1) is 9.92. The minimum Gasteiger partial charge on any atom is -0.333 e. The van der Waals surface area contributed by atoms with Crippen LogP contribution in [0.4, 0.5) is 27.5 Å². The van der Waals surface area contributed by atoms with Gasteiger partial charge in [0.2, 0.25) is 11.8 Å². The largest absolute Gasteiger partial charge is 0.333 e. The van der Waals surface area contributed by atoms with Crippen molar-refractivity contribution in [3.05, 3.63) is 44.3 Å². The van der Waals surface area contributed by atoms with Gasteiger partial charge < -0.3 is 5.32 Å². The molecule has 0 aliphatic heterocycles. The Labute approximate surface area is 126 Å². The minimum atomic E-state index is -0.620. The maximum atomic E-state index is 13.3. The standard InChI is InChI=1S/C11H10BrFN6O2/c1-5-9(19(20)21)10(17-11(15-5)18-14)16-8-4-6(13)2-3-7(8)12/h2-4H,14H2,1H3,(H2,15,16,17,18). The van der Waals surface area contributed by atoms with Gasteiger partial charge in [-0.15, -0.1) is 0 Å². The van der Waals surface area contributed by atoms with Crippen molar-refractivity contribution in [3.8, 4) is 0 Å². The van der Waals surface area contributed by atoms with E-state index in [0.29, 0.717) is 10.2 Å². The summed E-state index contributed by atoms with van der Waals surface area (Å²) in [5.74, 6) is 4.64. The summed E-state index contributed by atoms with van der Waals surface area (Å²) in [6.07, 6.45) is 0. The third-order valence-corrected chi connectivity index (χ3v) is 3.24. The van der Waals surface area contributed by atoms with Gasteiger partial charge in [-0.05, 0) is 41.1 Å². The highest BCUT2D eigenvalue weighted by molar-refractivity contribution is 9.10. The maximum absolute atomic E-state index is 13.3. The van der Waals surface area contributed by atoms with Crippen molar-refractivity contribution in [2.45, 2.75) is 6.92 Å². The number of nitrogen functional groups attached to an aromatic ring is 1. The number of nitrogens with one attached hydrogen (secondary N) is 2. The highest BCUT2D eigenvalue weighted by Crippen LogP contribution is 2.32. The highest BCUT2D eigenvalue weighted by Gasteiger charge is 2.22. The Kier molecular flexibility index (Phi) is 4.29. The number of hydrazine groups is 1. The molecule has 0 bridgehead atoms. The summed E-state index contributed by atoms with van der Waals surface area (Å²) in [4.78, 5) is 18.2. The SMILES string of the molecule is Cc1nc(NN)nc(Nc2cc(F)ccc2Br)c1[N+](=O)[O-]. The summed E-state index contributed by atoms with van der Waals surface area (Å²) in [5.41, 5.74) is 2.31. The Morgan fingerprint density at radius 3 is 2.76 bits per heavy atom. The van der Waals surface area contributed by atoms with E-state index in [1.807, 2.05) is 0 Å². The second kappa shape index (κ2) is 5.97. The summed E-state index contributed by atoms with van der Waals surface area (Å²) < 4.78 is 13.8. The third kappa shape index (κ3) is 3.23. The van der Waals surface area contributed by atoms with Crippen molar-refractivity contribution in [2.24, 2.45) is 5.84 Å². The molecule has 4 N–H and O–H groups in total. The van der Waals surface area contributed by atoms with Gasteiger partial charge in [0.25, 0.3) is 0 Å². The molecule has 0 aliphatic carbocycles. The van der Waals surface area contributed by atoms with Crippen LogP contribution in [-0.4, -0.2) is 14.9 Å². The molecule has 0 amide bonds. The molecular formula is C11H10BrFN6O2. The average Bonchev–Trinajstić information content (AvgIpc) is 2.41. The van der Waals surface area contributed by atoms with E-state index < -0.39 is 10.7 Å². The summed E-state index contributed by atoms with van der Waals surface area (Å²) in [6, 6.07) is 3.90. The third-order valence-electron chi connectivity index (χ3n) is 2.55. The lowest BCUT2D eigenvalue weighted by molar-refractivity contribution is -0.385. The smallest absolute Gasteiger partial charge is 0.332 e. The molecule has 0 aliphatic rings. The number of aromatic nitrogens is 2. The van der Waals surface area contributed by atoms with E-state index in [4.69, 9.17) is 5.84 Å². The number of anilines is 3. The van der Waals surface area contributed by atoms with Crippen molar-refractivity contribution in [1.82, 2.24) is 9.97 Å². The lowest BCUT2D eigenvalue weighted by Gasteiger charge is -2.10. The van der Waals surface area contributed by atoms with Crippen molar-refractivity contribution < 1.29 is 9.31 Å². The van der Waals surface area contributed by atoms with Crippen molar-refractivity contribution in [2.75, 3.05) is 10.7 Å². The molecule has 0 fully saturated rings. The van der Waals surface area contributed by atoms with E-state index in [1.54, 1.807) is 0 Å². The molecular weight excluding hydrogens is 347 g/mol. The number of benzene rings is 1. The zero-order valence-corrected chi connectivity index (χ0v) is 12.3. The van der Waals surface area contributed by atoms with Gasteiger partial charge in [-0.25, -0.2) is 15.2 Å². The van der Waals surface area contributed by atoms with Crippen LogP contribution in [0.1, 0.15) is 5.69 Å². The fourth-order valence-corrected chi connectivity index (χ4v) is 2.00. The Balaban J connectivity index is 2.54. The molecule has 1 aromatic carbocycles. The van der Waals surface area contributed by atoms with Gasteiger partial charge in [-0.1, -0.05) is 0 Å². The number of halogens is 2. The zero-order chi connectivity index (χ0) is 15.6. The fraction of sp³-hybridized carbons (Fsp3) is 0.0909. The molecule has 21 heavy (non-hydrogen) atoms. The normalized spacial score (nSPS) is 10.3. The Morgan fingerprint density at radius 2 is 2.14 bits per heavy atom. The number of nitrogens with zero attached hydrogens (tertiary/aromatic N) is 3. The Bertz CT molecular complexity index is 711. The van der Waals surface area contributed by atoms with Crippen LogP contribution < -0.4 is 16.6 Å². The summed E-state index contributed by atoms with van der Waals surface area (Å²) in [5, 5.41) is 13.8. The van der Waals surface area contributed by atoms with Crippen LogP contribution >= 0.6 is 15.9 Å². The number of hydrogen-bond donors (Lipinski definition) is 3. The molecule has 8 nitrogen and oxygen atoms in total. The summed E-state index contributed by atoms with van der Waals surface area (Å²) in [6.45, 7) is 1.45. The van der Waals surface area contributed by atoms with Crippen LogP contribution in [0.3, 0.4) is 0 Å². The monoisotopic (exact) mass is 356 g/mol. The molecule has 0 radical (unpaired) electrons. The first kappa shape index (κ1) is 15.1. The quantitative estimate of drug-likeness (QED) is 0.437. The van der Waals surface area contributed by atoms with Gasteiger partial charge in [-0.2, -0.15) is 4.98 Å². The Hall–Kier alpha value is -2.33.